The number of hydrogen-bond acceptors (Lipinski definition) is 3. The number of halogens is 2. The molecule has 0 aromatic heterocycles. The molecule has 0 radical (unpaired) electrons. The van der Waals surface area contributed by atoms with E-state index < -0.39 is 0 Å². The van der Waals surface area contributed by atoms with Crippen LogP contribution in [0.4, 0.5) is 11.4 Å². The van der Waals surface area contributed by atoms with E-state index in [4.69, 9.17) is 0 Å². The summed E-state index contributed by atoms with van der Waals surface area (Å²) in [5.41, 5.74) is 7.13. The van der Waals surface area contributed by atoms with Gasteiger partial charge in [0.25, 0.3) is 0 Å². The molecule has 0 bridgehead atoms. The van der Waals surface area contributed by atoms with E-state index in [1.165, 1.54) is 5.56 Å². The average molecular weight is 471 g/mol. The van der Waals surface area contributed by atoms with Gasteiger partial charge in [-0.15, -0.1) is 0 Å². The topological polar surface area (TPSA) is 18.5 Å². The molecule has 1 aliphatic rings. The molecule has 1 N–H and O–H groups in total. The van der Waals surface area contributed by atoms with Crippen molar-refractivity contribution in [2.24, 2.45) is 0 Å². The normalized spacial score (nSPS) is 16.0. The van der Waals surface area contributed by atoms with Gasteiger partial charge in [0.2, 0.25) is 0 Å². The second-order valence-corrected chi connectivity index (χ2v) is 6.35. The first-order valence-electron chi connectivity index (χ1n) is 7.86. The van der Waals surface area contributed by atoms with Gasteiger partial charge in [-0.3, -0.25) is 0 Å². The van der Waals surface area contributed by atoms with Crippen molar-refractivity contribution in [3.8, 4) is 0 Å². The Balaban J connectivity index is 0.00000121. The molecule has 1 saturated heterocycles. The van der Waals surface area contributed by atoms with E-state index >= 15 is 0 Å². The number of nitrogens with zero attached hydrogens (tertiary/aromatic N) is 2. The average Bonchev–Trinajstić information content (AvgIpc) is 3.01. The number of nitrogens with one attached hydrogen (secondary N) is 1. The van der Waals surface area contributed by atoms with Gasteiger partial charge in [0.1, 0.15) is 0 Å². The fourth-order valence-corrected chi connectivity index (χ4v) is 3.68. The summed E-state index contributed by atoms with van der Waals surface area (Å²) in [7, 11) is 0. The maximum atomic E-state index is 3.63. The molecule has 134 valence electrons. The van der Waals surface area contributed by atoms with Crippen LogP contribution in [0.15, 0.2) is 91.0 Å². The molecule has 26 heavy (non-hydrogen) atoms. The van der Waals surface area contributed by atoms with Crippen molar-refractivity contribution in [1.29, 1.82) is 0 Å². The van der Waals surface area contributed by atoms with Crippen molar-refractivity contribution in [3.05, 3.63) is 96.6 Å². The van der Waals surface area contributed by atoms with E-state index in [2.05, 4.69) is 106 Å². The van der Waals surface area contributed by atoms with Crippen molar-refractivity contribution in [2.45, 2.75) is 6.17 Å². The first-order valence-corrected chi connectivity index (χ1v) is 8.73. The van der Waals surface area contributed by atoms with Gasteiger partial charge in [0, 0.05) is 0 Å². The standard InChI is InChI=1S/C20H17N3.2ClH.Ru/c1-4-10-17(11-5-1)20-21-23(19-14-8-3-9-15-19)16-22(20)18-12-6-2-7-13-18;;;/h1-15,20-21H;2*1H;/q;;;+2/p-2. The summed E-state index contributed by atoms with van der Waals surface area (Å²) in [5.74, 6) is 0. The van der Waals surface area contributed by atoms with Crippen LogP contribution in [0.2, 0.25) is 0 Å². The molecule has 1 fully saturated rings. The quantitative estimate of drug-likeness (QED) is 0.441. The summed E-state index contributed by atoms with van der Waals surface area (Å²) < 4.78 is 1.08. The third-order valence-corrected chi connectivity index (χ3v) is 4.85. The monoisotopic (exact) mass is 471 g/mol. The first kappa shape index (κ1) is 20.6. The van der Waals surface area contributed by atoms with E-state index in [1.807, 2.05) is 18.2 Å². The van der Waals surface area contributed by atoms with Crippen molar-refractivity contribution < 1.29 is 42.7 Å². The second kappa shape index (κ2) is 9.29. The van der Waals surface area contributed by atoms with E-state index in [9.17, 15) is 0 Å². The SMILES string of the molecule is [Cl-].[Cl-].[Ru+2]=[C]1N(c2ccccc2)NC(c2ccccc2)N1c1ccccc1. The van der Waals surface area contributed by atoms with Crippen LogP contribution < -0.4 is 40.1 Å². The Kier molecular flexibility index (Phi) is 7.36. The fourth-order valence-electron chi connectivity index (χ4n) is 2.90. The fraction of sp³-hybridized carbons (Fsp3) is 0.0500. The number of hydrogen-bond donors (Lipinski definition) is 1. The van der Waals surface area contributed by atoms with E-state index in [1.54, 1.807) is 0 Å². The van der Waals surface area contributed by atoms with E-state index in [-0.39, 0.29) is 31.0 Å². The molecule has 0 aliphatic carbocycles. The Hall–Kier alpha value is -1.71. The number of benzene rings is 3. The Morgan fingerprint density at radius 1 is 0.654 bits per heavy atom. The molecule has 3 nitrogen and oxygen atoms in total. The predicted molar refractivity (Wildman–Crippen MR) is 95.2 cm³/mol. The zero-order chi connectivity index (χ0) is 16.4. The van der Waals surface area contributed by atoms with Crippen LogP contribution in [0.3, 0.4) is 0 Å². The molecule has 3 aromatic rings. The first-order chi connectivity index (χ1) is 11.8. The summed E-state index contributed by atoms with van der Waals surface area (Å²) in [4.78, 5) is 2.30. The number of anilines is 2. The zero-order valence-electron chi connectivity index (χ0n) is 13.7. The van der Waals surface area contributed by atoms with Crippen LogP contribution >= 0.6 is 0 Å². The molecule has 6 heteroatoms. The Bertz CT molecular complexity index is 831. The van der Waals surface area contributed by atoms with Gasteiger partial charge in [-0.2, -0.15) is 0 Å². The van der Waals surface area contributed by atoms with Crippen LogP contribution in [-0.2, 0) is 17.9 Å². The molecule has 0 spiro atoms. The van der Waals surface area contributed by atoms with Crippen LogP contribution in [-0.4, -0.2) is 4.35 Å². The van der Waals surface area contributed by atoms with Crippen molar-refractivity contribution in [2.75, 3.05) is 9.91 Å². The number of hydrazine groups is 1. The molecule has 4 rings (SSSR count). The third-order valence-electron chi connectivity index (χ3n) is 4.05. The molecular formula is C20H17Cl2N3Ru. The molecule has 0 saturated carbocycles. The van der Waals surface area contributed by atoms with Gasteiger partial charge in [0.05, 0.1) is 0 Å². The van der Waals surface area contributed by atoms with E-state index in [0.29, 0.717) is 0 Å². The Labute approximate surface area is 176 Å². The number of para-hydroxylation sites is 2. The third kappa shape index (κ3) is 4.00. The molecule has 1 unspecified atom stereocenters. The molecular weight excluding hydrogens is 454 g/mol. The number of rotatable bonds is 3. The van der Waals surface area contributed by atoms with Gasteiger partial charge < -0.3 is 24.8 Å². The maximum absolute atomic E-state index is 3.63. The minimum atomic E-state index is 0. The van der Waals surface area contributed by atoms with Crippen LogP contribution in [0.1, 0.15) is 11.7 Å². The zero-order valence-corrected chi connectivity index (χ0v) is 17.0. The molecule has 0 amide bonds. The van der Waals surface area contributed by atoms with Gasteiger partial charge in [-0.25, -0.2) is 0 Å². The summed E-state index contributed by atoms with van der Waals surface area (Å²) in [6, 6.07) is 31.3. The van der Waals surface area contributed by atoms with Crippen molar-refractivity contribution in [3.63, 3.8) is 0 Å². The summed E-state index contributed by atoms with van der Waals surface area (Å²) in [5, 5.41) is 2.13. The molecule has 1 heterocycles. The Morgan fingerprint density at radius 2 is 1.12 bits per heavy atom. The molecule has 3 aromatic carbocycles. The molecule has 1 atom stereocenters. The van der Waals surface area contributed by atoms with Crippen LogP contribution in [0, 0.1) is 0 Å². The van der Waals surface area contributed by atoms with Gasteiger partial charge in [-0.05, 0) is 0 Å². The predicted octanol–water partition coefficient (Wildman–Crippen LogP) is -2.14. The summed E-state index contributed by atoms with van der Waals surface area (Å²) >= 11 is 2.76. The van der Waals surface area contributed by atoms with Crippen molar-refractivity contribution in [1.82, 2.24) is 5.43 Å². The van der Waals surface area contributed by atoms with Gasteiger partial charge >= 0.3 is 152 Å². The Morgan fingerprint density at radius 3 is 1.65 bits per heavy atom. The van der Waals surface area contributed by atoms with Crippen molar-refractivity contribution >= 4 is 15.7 Å². The second-order valence-electron chi connectivity index (χ2n) is 5.58. The van der Waals surface area contributed by atoms with Gasteiger partial charge in [0.15, 0.2) is 0 Å². The van der Waals surface area contributed by atoms with Crippen LogP contribution in [0.5, 0.6) is 0 Å². The summed E-state index contributed by atoms with van der Waals surface area (Å²) in [6.07, 6.45) is 0.0462. The molecule has 1 aliphatic heterocycles. The van der Waals surface area contributed by atoms with E-state index in [0.717, 1.165) is 15.7 Å². The minimum absolute atomic E-state index is 0. The van der Waals surface area contributed by atoms with Crippen LogP contribution in [0.25, 0.3) is 0 Å². The van der Waals surface area contributed by atoms with Gasteiger partial charge in [-0.1, -0.05) is 0 Å². The summed E-state index contributed by atoms with van der Waals surface area (Å²) in [6.45, 7) is 0.